The molecule has 0 unspecified atom stereocenters. The Morgan fingerprint density at radius 3 is 1.52 bits per heavy atom. The molecule has 0 atom stereocenters. The third kappa shape index (κ3) is 5.45. The highest BCUT2D eigenvalue weighted by Gasteiger charge is 2.14. The van der Waals surface area contributed by atoms with Crippen molar-refractivity contribution in [2.75, 3.05) is 20.8 Å². The zero-order chi connectivity index (χ0) is 22.2. The van der Waals surface area contributed by atoms with E-state index in [1.807, 2.05) is 36.4 Å². The Bertz CT molecular complexity index is 983. The van der Waals surface area contributed by atoms with E-state index in [9.17, 15) is 4.79 Å². The van der Waals surface area contributed by atoms with E-state index >= 15 is 0 Å². The molecule has 0 fully saturated rings. The molecule has 3 rings (SSSR count). The molecule has 0 amide bonds. The Hall–Kier alpha value is -3.73. The quantitative estimate of drug-likeness (QED) is 0.463. The fraction of sp³-hybridized carbons (Fsp3) is 0.192. The molecular formula is C26H26O5. The van der Waals surface area contributed by atoms with Crippen LogP contribution in [0.4, 0.5) is 0 Å². The van der Waals surface area contributed by atoms with Gasteiger partial charge in [-0.3, -0.25) is 0 Å². The maximum absolute atomic E-state index is 10.7. The van der Waals surface area contributed by atoms with E-state index in [0.717, 1.165) is 40.2 Å². The minimum atomic E-state index is -1.00. The Balaban J connectivity index is 2.09. The van der Waals surface area contributed by atoms with E-state index < -0.39 is 5.97 Å². The average Bonchev–Trinajstić information content (AvgIpc) is 2.82. The van der Waals surface area contributed by atoms with Gasteiger partial charge in [-0.05, 0) is 70.7 Å². The van der Waals surface area contributed by atoms with Crippen LogP contribution >= 0.6 is 0 Å². The van der Waals surface area contributed by atoms with Crippen LogP contribution in [0.5, 0.6) is 17.2 Å². The van der Waals surface area contributed by atoms with Crippen LogP contribution in [0.3, 0.4) is 0 Å². The molecule has 3 aromatic rings. The Kier molecular flexibility index (Phi) is 7.33. The van der Waals surface area contributed by atoms with Crippen LogP contribution in [0.1, 0.15) is 30.0 Å². The number of benzene rings is 3. The number of aliphatic carboxylic acids is 1. The van der Waals surface area contributed by atoms with Crippen molar-refractivity contribution in [2.45, 2.75) is 13.3 Å². The number of hydrogen-bond acceptors (Lipinski definition) is 4. The maximum Gasteiger partial charge on any atom is 0.341 e. The standard InChI is InChI=1S/C26H26O5/c1-4-24(18-5-15-23(16-6-18)31-17-25(27)28)26(19-7-11-21(29-2)12-8-19)20-9-13-22(30-3)14-10-20/h5-16H,4,17H2,1-3H3,(H,27,28). The van der Waals surface area contributed by atoms with Crippen LogP contribution in [0, 0.1) is 0 Å². The summed E-state index contributed by atoms with van der Waals surface area (Å²) in [6, 6.07) is 23.6. The van der Waals surface area contributed by atoms with Crippen molar-refractivity contribution in [2.24, 2.45) is 0 Å². The highest BCUT2D eigenvalue weighted by molar-refractivity contribution is 5.98. The Labute approximate surface area is 182 Å². The van der Waals surface area contributed by atoms with Crippen LogP contribution in [0.2, 0.25) is 0 Å². The first-order chi connectivity index (χ1) is 15.0. The highest BCUT2D eigenvalue weighted by Crippen LogP contribution is 2.36. The van der Waals surface area contributed by atoms with Crippen LogP contribution in [0.25, 0.3) is 11.1 Å². The van der Waals surface area contributed by atoms with E-state index in [0.29, 0.717) is 5.75 Å². The van der Waals surface area contributed by atoms with Crippen LogP contribution in [-0.2, 0) is 4.79 Å². The number of carboxylic acid groups (broad SMARTS) is 1. The molecule has 0 aromatic heterocycles. The van der Waals surface area contributed by atoms with Gasteiger partial charge in [0.25, 0.3) is 0 Å². The molecule has 0 saturated carbocycles. The molecule has 0 saturated heterocycles. The third-order valence-corrected chi connectivity index (χ3v) is 4.98. The molecule has 1 N–H and O–H groups in total. The highest BCUT2D eigenvalue weighted by atomic mass is 16.5. The van der Waals surface area contributed by atoms with Gasteiger partial charge >= 0.3 is 5.97 Å². The lowest BCUT2D eigenvalue weighted by atomic mass is 9.88. The summed E-state index contributed by atoms with van der Waals surface area (Å²) in [6.45, 7) is 1.76. The normalized spacial score (nSPS) is 10.3. The van der Waals surface area contributed by atoms with Crippen molar-refractivity contribution < 1.29 is 24.1 Å². The molecule has 0 aliphatic heterocycles. The molecule has 0 aliphatic carbocycles. The number of ether oxygens (including phenoxy) is 3. The first-order valence-electron chi connectivity index (χ1n) is 10.0. The Morgan fingerprint density at radius 2 is 1.13 bits per heavy atom. The lowest BCUT2D eigenvalue weighted by Gasteiger charge is -2.17. The summed E-state index contributed by atoms with van der Waals surface area (Å²) in [4.78, 5) is 10.7. The van der Waals surface area contributed by atoms with Gasteiger partial charge in [-0.1, -0.05) is 43.3 Å². The molecule has 5 heteroatoms. The summed E-state index contributed by atoms with van der Waals surface area (Å²) in [5, 5.41) is 8.80. The SMILES string of the molecule is CCC(=C(c1ccc(OC)cc1)c1ccc(OC)cc1)c1ccc(OCC(=O)O)cc1. The summed E-state index contributed by atoms with van der Waals surface area (Å²) in [5.74, 6) is 1.13. The first-order valence-corrected chi connectivity index (χ1v) is 10.0. The predicted molar refractivity (Wildman–Crippen MR) is 122 cm³/mol. The predicted octanol–water partition coefficient (Wildman–Crippen LogP) is 5.54. The van der Waals surface area contributed by atoms with E-state index in [2.05, 4.69) is 31.2 Å². The summed E-state index contributed by atoms with van der Waals surface area (Å²) < 4.78 is 15.9. The van der Waals surface area contributed by atoms with Crippen molar-refractivity contribution in [1.29, 1.82) is 0 Å². The summed E-state index contributed by atoms with van der Waals surface area (Å²) in [5.41, 5.74) is 5.49. The van der Waals surface area contributed by atoms with Gasteiger partial charge in [0.05, 0.1) is 14.2 Å². The maximum atomic E-state index is 10.7. The van der Waals surface area contributed by atoms with Crippen LogP contribution < -0.4 is 14.2 Å². The Morgan fingerprint density at radius 1 is 0.710 bits per heavy atom. The van der Waals surface area contributed by atoms with Gasteiger partial charge in [0.15, 0.2) is 6.61 Å². The van der Waals surface area contributed by atoms with E-state index in [1.54, 1.807) is 26.4 Å². The molecule has 0 radical (unpaired) electrons. The third-order valence-electron chi connectivity index (χ3n) is 4.98. The van der Waals surface area contributed by atoms with Crippen molar-refractivity contribution in [3.05, 3.63) is 89.5 Å². The van der Waals surface area contributed by atoms with Crippen molar-refractivity contribution in [3.63, 3.8) is 0 Å². The summed E-state index contributed by atoms with van der Waals surface area (Å²) in [7, 11) is 3.31. The number of methoxy groups -OCH3 is 2. The lowest BCUT2D eigenvalue weighted by molar-refractivity contribution is -0.139. The van der Waals surface area contributed by atoms with Gasteiger partial charge in [0, 0.05) is 0 Å². The second-order valence-electron chi connectivity index (χ2n) is 6.87. The first kappa shape index (κ1) is 22.0. The van der Waals surface area contributed by atoms with Gasteiger partial charge in [0.1, 0.15) is 17.2 Å². The number of carbonyl (C=O) groups is 1. The molecule has 0 heterocycles. The van der Waals surface area contributed by atoms with E-state index in [4.69, 9.17) is 19.3 Å². The minimum Gasteiger partial charge on any atom is -0.497 e. The largest absolute Gasteiger partial charge is 0.497 e. The summed E-state index contributed by atoms with van der Waals surface area (Å²) in [6.07, 6.45) is 0.808. The van der Waals surface area contributed by atoms with Crippen molar-refractivity contribution >= 4 is 17.1 Å². The molecule has 0 spiro atoms. The molecule has 0 aliphatic rings. The van der Waals surface area contributed by atoms with Crippen LogP contribution in [-0.4, -0.2) is 31.9 Å². The summed E-state index contributed by atoms with van der Waals surface area (Å²) >= 11 is 0. The molecule has 5 nitrogen and oxygen atoms in total. The van der Waals surface area contributed by atoms with Gasteiger partial charge < -0.3 is 19.3 Å². The number of hydrogen-bond donors (Lipinski definition) is 1. The van der Waals surface area contributed by atoms with E-state index in [1.165, 1.54) is 5.57 Å². The van der Waals surface area contributed by atoms with Gasteiger partial charge in [-0.15, -0.1) is 0 Å². The second-order valence-corrected chi connectivity index (χ2v) is 6.87. The van der Waals surface area contributed by atoms with E-state index in [-0.39, 0.29) is 6.61 Å². The monoisotopic (exact) mass is 418 g/mol. The number of rotatable bonds is 9. The van der Waals surface area contributed by atoms with Gasteiger partial charge in [-0.25, -0.2) is 4.79 Å². The van der Waals surface area contributed by atoms with Crippen molar-refractivity contribution in [3.8, 4) is 17.2 Å². The van der Waals surface area contributed by atoms with Crippen molar-refractivity contribution in [1.82, 2.24) is 0 Å². The molecule has 31 heavy (non-hydrogen) atoms. The molecule has 160 valence electrons. The minimum absolute atomic E-state index is 0.362. The molecular weight excluding hydrogens is 392 g/mol. The fourth-order valence-electron chi connectivity index (χ4n) is 3.45. The topological polar surface area (TPSA) is 65.0 Å². The number of carboxylic acids is 1. The number of allylic oxidation sites excluding steroid dienone is 1. The van der Waals surface area contributed by atoms with Crippen LogP contribution in [0.15, 0.2) is 72.8 Å². The average molecular weight is 418 g/mol. The smallest absolute Gasteiger partial charge is 0.341 e. The van der Waals surface area contributed by atoms with Gasteiger partial charge in [-0.2, -0.15) is 0 Å². The molecule has 0 bridgehead atoms. The van der Waals surface area contributed by atoms with Gasteiger partial charge in [0.2, 0.25) is 0 Å². The zero-order valence-corrected chi connectivity index (χ0v) is 17.9. The lowest BCUT2D eigenvalue weighted by Crippen LogP contribution is -2.09. The fourth-order valence-corrected chi connectivity index (χ4v) is 3.45. The second kappa shape index (κ2) is 10.3. The molecule has 3 aromatic carbocycles. The zero-order valence-electron chi connectivity index (χ0n) is 17.9.